The van der Waals surface area contributed by atoms with Crippen molar-refractivity contribution in [2.45, 2.75) is 65.6 Å². The Hall–Kier alpha value is -2.18. The van der Waals surface area contributed by atoms with Crippen LogP contribution in [-0.2, 0) is 0 Å². The summed E-state index contributed by atoms with van der Waals surface area (Å²) in [6.45, 7) is 14.9. The summed E-state index contributed by atoms with van der Waals surface area (Å²) in [5.74, 6) is 2.70. The van der Waals surface area contributed by atoms with E-state index in [1.165, 1.54) is 0 Å². The average Bonchev–Trinajstić information content (AvgIpc) is 3.09. The van der Waals surface area contributed by atoms with Gasteiger partial charge in [0.2, 0.25) is 0 Å². The van der Waals surface area contributed by atoms with Crippen LogP contribution in [0.2, 0.25) is 5.04 Å². The minimum atomic E-state index is -4.13. The predicted molar refractivity (Wildman–Crippen MR) is 113 cm³/mol. The van der Waals surface area contributed by atoms with E-state index < -0.39 is 13.4 Å². The number of benzene rings is 2. The van der Waals surface area contributed by atoms with Gasteiger partial charge in [0.25, 0.3) is 0 Å². The summed E-state index contributed by atoms with van der Waals surface area (Å²) >= 11 is 0. The number of fused-ring (bicyclic) bond motifs is 2. The summed E-state index contributed by atoms with van der Waals surface area (Å²) in [7, 11) is -4.13. The zero-order valence-electron chi connectivity index (χ0n) is 18.0. The maximum atomic E-state index is 6.28. The standard InChI is InChI=1S/C16H17O4Si.C6H15N/c1-16(2,3)21(17-12-8-4-5-9-13(12)18-21)19-14-10-6-7-11-15(14)20-21;1-5(2)7-6(3)4/h4-11H,1-3H3;5-7H,1-4H3/q-1;/p+1. The summed E-state index contributed by atoms with van der Waals surface area (Å²) in [5.41, 5.74) is 0. The van der Waals surface area contributed by atoms with Crippen molar-refractivity contribution in [1.82, 2.24) is 0 Å². The number of hydrogen-bond donors (Lipinski definition) is 1. The fraction of sp³-hybridized carbons (Fsp3) is 0.455. The SMILES string of the molecule is CC(C)(C)[Si-]12(Oc3ccccc3O1)Oc1ccccc1O2.CC(C)[NH2+]C(C)C. The van der Waals surface area contributed by atoms with Crippen molar-refractivity contribution in [3.05, 3.63) is 48.5 Å². The third-order valence-corrected chi connectivity index (χ3v) is 9.57. The van der Waals surface area contributed by atoms with Crippen molar-refractivity contribution in [3.63, 3.8) is 0 Å². The van der Waals surface area contributed by atoms with E-state index in [9.17, 15) is 0 Å². The van der Waals surface area contributed by atoms with Gasteiger partial charge in [0.15, 0.2) is 0 Å². The van der Waals surface area contributed by atoms with Gasteiger partial charge in [0.1, 0.15) is 0 Å². The van der Waals surface area contributed by atoms with Crippen molar-refractivity contribution in [2.75, 3.05) is 0 Å². The van der Waals surface area contributed by atoms with Crippen molar-refractivity contribution in [2.24, 2.45) is 0 Å². The van der Waals surface area contributed by atoms with Gasteiger partial charge >= 0.3 is 123 Å². The van der Waals surface area contributed by atoms with Gasteiger partial charge in [-0.15, -0.1) is 0 Å². The van der Waals surface area contributed by atoms with E-state index in [2.05, 4.69) is 33.0 Å². The normalized spacial score (nSPS) is 19.1. The zero-order valence-corrected chi connectivity index (χ0v) is 19.0. The van der Waals surface area contributed by atoms with E-state index in [4.69, 9.17) is 17.7 Å². The maximum absolute atomic E-state index is 6.28. The van der Waals surface area contributed by atoms with E-state index in [-0.39, 0.29) is 0 Å². The van der Waals surface area contributed by atoms with Crippen molar-refractivity contribution >= 4 is 8.33 Å². The number of para-hydroxylation sites is 4. The van der Waals surface area contributed by atoms with Gasteiger partial charge in [-0.3, -0.25) is 0 Å². The molecule has 2 aromatic carbocycles. The molecule has 5 nitrogen and oxygen atoms in total. The number of hydrogen-bond acceptors (Lipinski definition) is 4. The molecule has 0 saturated heterocycles. The molecule has 0 atom stereocenters. The summed E-state index contributed by atoms with van der Waals surface area (Å²) in [6, 6.07) is 16.7. The molecular formula is C22H33NO4Si. The van der Waals surface area contributed by atoms with Crippen LogP contribution in [0.3, 0.4) is 0 Å². The van der Waals surface area contributed by atoms with E-state index in [1.54, 1.807) is 0 Å². The van der Waals surface area contributed by atoms with Crippen molar-refractivity contribution in [1.29, 1.82) is 0 Å². The molecule has 0 aliphatic carbocycles. The number of nitrogens with two attached hydrogens (primary N) is 1. The second kappa shape index (κ2) is 7.01. The Bertz CT molecular complexity index is 725. The van der Waals surface area contributed by atoms with Crippen LogP contribution in [0.4, 0.5) is 0 Å². The molecule has 2 heterocycles. The van der Waals surface area contributed by atoms with Crippen LogP contribution in [0, 0.1) is 0 Å². The van der Waals surface area contributed by atoms with Gasteiger partial charge in [-0.25, -0.2) is 0 Å². The first kappa shape index (κ1) is 20.5. The Morgan fingerprint density at radius 2 is 0.929 bits per heavy atom. The average molecular weight is 404 g/mol. The smallest absolute Gasteiger partial charge is 0.0803 e. The molecule has 28 heavy (non-hydrogen) atoms. The molecule has 0 aromatic heterocycles. The summed E-state index contributed by atoms with van der Waals surface area (Å²) in [6.07, 6.45) is 0. The second-order valence-corrected chi connectivity index (χ2v) is 13.3. The molecule has 2 aliphatic rings. The molecule has 2 N–H and O–H groups in total. The molecule has 4 rings (SSSR count). The summed E-state index contributed by atoms with van der Waals surface area (Å²) < 4.78 is 25.1. The van der Waals surface area contributed by atoms with Crippen LogP contribution < -0.4 is 23.0 Å². The molecule has 2 aliphatic heterocycles. The van der Waals surface area contributed by atoms with Crippen LogP contribution >= 0.6 is 0 Å². The molecule has 2 aromatic rings. The van der Waals surface area contributed by atoms with Crippen LogP contribution in [0.25, 0.3) is 0 Å². The molecule has 0 amide bonds. The van der Waals surface area contributed by atoms with E-state index >= 15 is 0 Å². The van der Waals surface area contributed by atoms with E-state index in [0.29, 0.717) is 23.0 Å². The van der Waals surface area contributed by atoms with Gasteiger partial charge in [0, 0.05) is 0 Å². The first-order valence-corrected chi connectivity index (χ1v) is 12.1. The van der Waals surface area contributed by atoms with Gasteiger partial charge in [-0.2, -0.15) is 0 Å². The Labute approximate surface area is 168 Å². The molecule has 0 saturated carbocycles. The zero-order chi connectivity index (χ0) is 20.6. The van der Waals surface area contributed by atoms with Crippen LogP contribution in [0.5, 0.6) is 23.0 Å². The third-order valence-electron chi connectivity index (χ3n) is 4.84. The van der Waals surface area contributed by atoms with Crippen LogP contribution in [0.1, 0.15) is 48.5 Å². The molecule has 6 heteroatoms. The molecule has 1 spiro atoms. The monoisotopic (exact) mass is 403 g/mol. The van der Waals surface area contributed by atoms with Gasteiger partial charge in [-0.05, 0) is 27.7 Å². The number of quaternary nitrogens is 1. The fourth-order valence-corrected chi connectivity index (χ4v) is 7.17. The van der Waals surface area contributed by atoms with Crippen LogP contribution in [-0.4, -0.2) is 20.4 Å². The van der Waals surface area contributed by atoms with Gasteiger partial charge in [-0.1, -0.05) is 0 Å². The van der Waals surface area contributed by atoms with Crippen molar-refractivity contribution < 1.29 is 23.0 Å². The van der Waals surface area contributed by atoms with E-state index in [0.717, 1.165) is 12.1 Å². The maximum Gasteiger partial charge on any atom is 0.0803 e. The van der Waals surface area contributed by atoms with Crippen LogP contribution in [0.15, 0.2) is 48.5 Å². The molecule has 0 radical (unpaired) electrons. The largest absolute Gasteiger partial charge is 0.342 e. The Morgan fingerprint density at radius 1 is 0.643 bits per heavy atom. The molecular weight excluding hydrogens is 370 g/mol. The Balaban J connectivity index is 0.000000279. The predicted octanol–water partition coefficient (Wildman–Crippen LogP) is 4.49. The first-order valence-electron chi connectivity index (χ1n) is 10.0. The molecule has 154 valence electrons. The third kappa shape index (κ3) is 3.47. The number of rotatable bonds is 2. The molecule has 0 fully saturated rings. The first-order chi connectivity index (χ1) is 13.0. The van der Waals surface area contributed by atoms with Gasteiger partial charge < -0.3 is 5.32 Å². The summed E-state index contributed by atoms with van der Waals surface area (Å²) in [4.78, 5) is 0. The van der Waals surface area contributed by atoms with Crippen molar-refractivity contribution in [3.8, 4) is 23.0 Å². The minimum absolute atomic E-state index is 0.446. The minimum Gasteiger partial charge on any atom is -0.342 e. The van der Waals surface area contributed by atoms with E-state index in [1.807, 2.05) is 69.3 Å². The Morgan fingerprint density at radius 3 is 1.11 bits per heavy atom. The molecule has 0 unspecified atom stereocenters. The molecule has 0 bridgehead atoms. The topological polar surface area (TPSA) is 53.5 Å². The fourth-order valence-electron chi connectivity index (χ4n) is 3.50. The second-order valence-electron chi connectivity index (χ2n) is 9.14. The van der Waals surface area contributed by atoms with Gasteiger partial charge in [0.05, 0.1) is 12.1 Å². The summed E-state index contributed by atoms with van der Waals surface area (Å²) in [5, 5.41) is 1.89. The Kier molecular flexibility index (Phi) is 5.14. The quantitative estimate of drug-likeness (QED) is 0.751.